The standard InChI is InChI=1S/C29H36N2O2/c1-21-26(20-27(33-21)23-10-6-4-7-11-23)29(32)30-19-18-22-14-16-25(17-15-22)28(31(2)3)24-12-8-5-9-13-24/h4-13,20,22,25,28H,14-19H2,1-3H3,(H,30,32). The molecule has 4 heteroatoms. The zero-order valence-corrected chi connectivity index (χ0v) is 20.1. The average Bonchev–Trinajstić information content (AvgIpc) is 3.23. The number of carbonyl (C=O) groups excluding carboxylic acids is 1. The fourth-order valence-electron chi connectivity index (χ4n) is 5.37. The predicted octanol–water partition coefficient (Wildman–Crippen LogP) is 6.48. The lowest BCUT2D eigenvalue weighted by molar-refractivity contribution is 0.0945. The summed E-state index contributed by atoms with van der Waals surface area (Å²) in [6, 6.07) is 23.1. The van der Waals surface area contributed by atoms with E-state index in [1.807, 2.05) is 43.3 Å². The Morgan fingerprint density at radius 3 is 2.27 bits per heavy atom. The molecule has 1 atom stereocenters. The van der Waals surface area contributed by atoms with Crippen molar-refractivity contribution >= 4 is 5.91 Å². The Hall–Kier alpha value is -2.85. The maximum Gasteiger partial charge on any atom is 0.254 e. The summed E-state index contributed by atoms with van der Waals surface area (Å²) in [5.74, 6) is 2.75. The highest BCUT2D eigenvalue weighted by molar-refractivity contribution is 5.96. The maximum atomic E-state index is 12.7. The van der Waals surface area contributed by atoms with Crippen LogP contribution in [0.15, 0.2) is 71.1 Å². The van der Waals surface area contributed by atoms with E-state index in [2.05, 4.69) is 54.6 Å². The van der Waals surface area contributed by atoms with Gasteiger partial charge in [-0.2, -0.15) is 0 Å². The van der Waals surface area contributed by atoms with E-state index in [1.165, 1.54) is 31.2 Å². The number of amides is 1. The summed E-state index contributed by atoms with van der Waals surface area (Å²) in [7, 11) is 4.39. The van der Waals surface area contributed by atoms with Crippen LogP contribution in [0.5, 0.6) is 0 Å². The van der Waals surface area contributed by atoms with Crippen molar-refractivity contribution in [3.63, 3.8) is 0 Å². The first kappa shape index (κ1) is 23.3. The fourth-order valence-corrected chi connectivity index (χ4v) is 5.37. The van der Waals surface area contributed by atoms with Crippen molar-refractivity contribution in [3.05, 3.63) is 83.6 Å². The summed E-state index contributed by atoms with van der Waals surface area (Å²) in [5, 5.41) is 3.12. The maximum absolute atomic E-state index is 12.7. The number of nitrogens with zero attached hydrogens (tertiary/aromatic N) is 1. The van der Waals surface area contributed by atoms with Gasteiger partial charge >= 0.3 is 0 Å². The van der Waals surface area contributed by atoms with Crippen molar-refractivity contribution in [1.82, 2.24) is 10.2 Å². The number of nitrogens with one attached hydrogen (secondary N) is 1. The zero-order chi connectivity index (χ0) is 23.2. The first-order chi connectivity index (χ1) is 16.0. The van der Waals surface area contributed by atoms with Gasteiger partial charge in [0.15, 0.2) is 0 Å². The van der Waals surface area contributed by atoms with E-state index in [-0.39, 0.29) is 5.91 Å². The van der Waals surface area contributed by atoms with Crippen molar-refractivity contribution in [2.75, 3.05) is 20.6 Å². The fraction of sp³-hybridized carbons (Fsp3) is 0.414. The molecule has 3 aromatic rings. The van der Waals surface area contributed by atoms with E-state index >= 15 is 0 Å². The molecule has 1 unspecified atom stereocenters. The number of benzene rings is 2. The summed E-state index contributed by atoms with van der Waals surface area (Å²) in [4.78, 5) is 15.1. The largest absolute Gasteiger partial charge is 0.461 e. The van der Waals surface area contributed by atoms with Gasteiger partial charge in [0.05, 0.1) is 5.56 Å². The quantitative estimate of drug-likeness (QED) is 0.432. The Kier molecular flexibility index (Phi) is 7.66. The van der Waals surface area contributed by atoms with Crippen LogP contribution in [0.25, 0.3) is 11.3 Å². The van der Waals surface area contributed by atoms with Gasteiger partial charge in [-0.1, -0.05) is 73.5 Å². The molecule has 0 spiro atoms. The molecule has 4 rings (SSSR count). The molecular formula is C29H36N2O2. The summed E-state index contributed by atoms with van der Waals surface area (Å²) in [6.45, 7) is 2.58. The second-order valence-electron chi connectivity index (χ2n) is 9.59. The van der Waals surface area contributed by atoms with Gasteiger partial charge in [0.2, 0.25) is 0 Å². The van der Waals surface area contributed by atoms with Crippen molar-refractivity contribution in [2.45, 2.75) is 45.1 Å². The zero-order valence-electron chi connectivity index (χ0n) is 20.1. The molecule has 1 N–H and O–H groups in total. The Bertz CT molecular complexity index is 1020. The second kappa shape index (κ2) is 10.8. The number of furan rings is 1. The minimum absolute atomic E-state index is 0.0381. The summed E-state index contributed by atoms with van der Waals surface area (Å²) in [6.07, 6.45) is 6.01. The molecule has 33 heavy (non-hydrogen) atoms. The molecule has 4 nitrogen and oxygen atoms in total. The first-order valence-corrected chi connectivity index (χ1v) is 12.2. The summed E-state index contributed by atoms with van der Waals surface area (Å²) in [5.41, 5.74) is 3.04. The van der Waals surface area contributed by atoms with Gasteiger partial charge < -0.3 is 14.6 Å². The molecule has 2 aromatic carbocycles. The van der Waals surface area contributed by atoms with Crippen molar-refractivity contribution in [2.24, 2.45) is 11.8 Å². The average molecular weight is 445 g/mol. The van der Waals surface area contributed by atoms with Crippen LogP contribution in [-0.4, -0.2) is 31.4 Å². The molecule has 1 heterocycles. The molecule has 1 fully saturated rings. The van der Waals surface area contributed by atoms with E-state index in [4.69, 9.17) is 4.42 Å². The van der Waals surface area contributed by atoms with Crippen LogP contribution in [0.3, 0.4) is 0 Å². The van der Waals surface area contributed by atoms with Crippen molar-refractivity contribution in [1.29, 1.82) is 0 Å². The Balaban J connectivity index is 1.26. The molecule has 0 bridgehead atoms. The molecular weight excluding hydrogens is 408 g/mol. The van der Waals surface area contributed by atoms with Gasteiger partial charge in [0, 0.05) is 18.2 Å². The Labute approximate surface area is 198 Å². The van der Waals surface area contributed by atoms with Crippen LogP contribution in [0.4, 0.5) is 0 Å². The lowest BCUT2D eigenvalue weighted by Crippen LogP contribution is -2.31. The third kappa shape index (κ3) is 5.75. The third-order valence-electron chi connectivity index (χ3n) is 7.09. The van der Waals surface area contributed by atoms with Crippen molar-refractivity contribution in [3.8, 4) is 11.3 Å². The highest BCUT2D eigenvalue weighted by atomic mass is 16.3. The number of hydrogen-bond acceptors (Lipinski definition) is 3. The second-order valence-corrected chi connectivity index (χ2v) is 9.59. The van der Waals surface area contributed by atoms with Crippen LogP contribution in [0, 0.1) is 18.8 Å². The predicted molar refractivity (Wildman–Crippen MR) is 134 cm³/mol. The van der Waals surface area contributed by atoms with Crippen molar-refractivity contribution < 1.29 is 9.21 Å². The number of hydrogen-bond donors (Lipinski definition) is 1. The van der Waals surface area contributed by atoms with E-state index in [0.29, 0.717) is 29.2 Å². The highest BCUT2D eigenvalue weighted by Crippen LogP contribution is 2.40. The molecule has 1 amide bonds. The van der Waals surface area contributed by atoms with Gasteiger partial charge in [0.1, 0.15) is 11.5 Å². The van der Waals surface area contributed by atoms with Gasteiger partial charge in [-0.05, 0) is 63.7 Å². The van der Waals surface area contributed by atoms with E-state index in [1.54, 1.807) is 0 Å². The molecule has 0 aliphatic heterocycles. The third-order valence-corrected chi connectivity index (χ3v) is 7.09. The highest BCUT2D eigenvalue weighted by Gasteiger charge is 2.29. The lowest BCUT2D eigenvalue weighted by Gasteiger charge is -2.37. The SMILES string of the molecule is Cc1oc(-c2ccccc2)cc1C(=O)NCCC1CCC(C(c2ccccc2)N(C)C)CC1. The minimum atomic E-state index is -0.0381. The molecule has 1 aromatic heterocycles. The van der Waals surface area contributed by atoms with Crippen LogP contribution >= 0.6 is 0 Å². The lowest BCUT2D eigenvalue weighted by atomic mass is 9.75. The Morgan fingerprint density at radius 2 is 1.64 bits per heavy atom. The van der Waals surface area contributed by atoms with E-state index in [0.717, 1.165) is 24.3 Å². The molecule has 1 saturated carbocycles. The number of rotatable bonds is 8. The minimum Gasteiger partial charge on any atom is -0.461 e. The monoisotopic (exact) mass is 444 g/mol. The molecule has 0 radical (unpaired) electrons. The Morgan fingerprint density at radius 1 is 1.00 bits per heavy atom. The number of carbonyl (C=O) groups is 1. The topological polar surface area (TPSA) is 45.5 Å². The first-order valence-electron chi connectivity index (χ1n) is 12.2. The van der Waals surface area contributed by atoms with Gasteiger partial charge in [0.25, 0.3) is 5.91 Å². The summed E-state index contributed by atoms with van der Waals surface area (Å²) >= 11 is 0. The normalized spacial score (nSPS) is 19.4. The van der Waals surface area contributed by atoms with Gasteiger partial charge in [-0.3, -0.25) is 4.79 Å². The van der Waals surface area contributed by atoms with E-state index in [9.17, 15) is 4.79 Å². The molecule has 1 aliphatic carbocycles. The summed E-state index contributed by atoms with van der Waals surface area (Å²) < 4.78 is 5.84. The van der Waals surface area contributed by atoms with E-state index < -0.39 is 0 Å². The molecule has 174 valence electrons. The molecule has 1 aliphatic rings. The van der Waals surface area contributed by atoms with Crippen LogP contribution in [0.2, 0.25) is 0 Å². The smallest absolute Gasteiger partial charge is 0.254 e. The van der Waals surface area contributed by atoms with Gasteiger partial charge in [-0.25, -0.2) is 0 Å². The molecule has 0 saturated heterocycles. The van der Waals surface area contributed by atoms with Gasteiger partial charge in [-0.15, -0.1) is 0 Å². The van der Waals surface area contributed by atoms with Crippen LogP contribution < -0.4 is 5.32 Å². The van der Waals surface area contributed by atoms with Crippen LogP contribution in [0.1, 0.15) is 59.8 Å². The number of aryl methyl sites for hydroxylation is 1. The van der Waals surface area contributed by atoms with Crippen LogP contribution in [-0.2, 0) is 0 Å².